The van der Waals surface area contributed by atoms with Gasteiger partial charge in [0, 0.05) is 18.6 Å². The molecule has 0 radical (unpaired) electrons. The average molecular weight is 289 g/mol. The molecule has 0 spiro atoms. The van der Waals surface area contributed by atoms with Crippen molar-refractivity contribution in [2.45, 2.75) is 51.2 Å². The van der Waals surface area contributed by atoms with E-state index in [0.29, 0.717) is 6.54 Å². The van der Waals surface area contributed by atoms with Crippen LogP contribution < -0.4 is 11.1 Å². The number of piperidine rings is 1. The average Bonchev–Trinajstić information content (AvgIpc) is 2.46. The van der Waals surface area contributed by atoms with Crippen LogP contribution in [0.1, 0.15) is 38.7 Å². The van der Waals surface area contributed by atoms with Gasteiger partial charge >= 0.3 is 0 Å². The molecule has 0 aliphatic carbocycles. The molecular weight excluding hydrogens is 262 g/mol. The quantitative estimate of drug-likeness (QED) is 0.870. The molecule has 1 aromatic carbocycles. The van der Waals surface area contributed by atoms with Gasteiger partial charge < -0.3 is 11.1 Å². The second-order valence-electron chi connectivity index (χ2n) is 6.67. The fraction of sp³-hybridized carbons (Fsp3) is 0.588. The maximum Gasteiger partial charge on any atom is 0.237 e. The van der Waals surface area contributed by atoms with Gasteiger partial charge in [-0.25, -0.2) is 0 Å². The van der Waals surface area contributed by atoms with Gasteiger partial charge in [0.15, 0.2) is 0 Å². The lowest BCUT2D eigenvalue weighted by molar-refractivity contribution is -0.128. The van der Waals surface area contributed by atoms with Gasteiger partial charge in [-0.05, 0) is 38.8 Å². The van der Waals surface area contributed by atoms with E-state index >= 15 is 0 Å². The molecule has 1 aromatic rings. The van der Waals surface area contributed by atoms with Crippen LogP contribution >= 0.6 is 0 Å². The van der Waals surface area contributed by atoms with Crippen LogP contribution in [0.25, 0.3) is 0 Å². The highest BCUT2D eigenvalue weighted by Crippen LogP contribution is 2.20. The molecule has 1 saturated heterocycles. The van der Waals surface area contributed by atoms with E-state index in [0.717, 1.165) is 25.9 Å². The number of nitrogens with zero attached hydrogens (tertiary/aromatic N) is 1. The Morgan fingerprint density at radius 2 is 2.05 bits per heavy atom. The van der Waals surface area contributed by atoms with E-state index < -0.39 is 0 Å². The second kappa shape index (κ2) is 7.05. The lowest BCUT2D eigenvalue weighted by Gasteiger charge is -2.35. The molecule has 0 saturated carbocycles. The maximum atomic E-state index is 12.4. The van der Waals surface area contributed by atoms with Crippen LogP contribution in [0.2, 0.25) is 0 Å². The predicted molar refractivity (Wildman–Crippen MR) is 85.8 cm³/mol. The van der Waals surface area contributed by atoms with E-state index in [1.165, 1.54) is 12.0 Å². The zero-order valence-corrected chi connectivity index (χ0v) is 13.1. The minimum atomic E-state index is -0.366. The molecule has 0 bridgehead atoms. The summed E-state index contributed by atoms with van der Waals surface area (Å²) < 4.78 is 0. The van der Waals surface area contributed by atoms with Gasteiger partial charge in [0.05, 0.1) is 6.04 Å². The van der Waals surface area contributed by atoms with Crippen molar-refractivity contribution in [1.82, 2.24) is 10.2 Å². The number of carbonyl (C=O) groups is 1. The van der Waals surface area contributed by atoms with Crippen LogP contribution in [0, 0.1) is 0 Å². The topological polar surface area (TPSA) is 58.4 Å². The van der Waals surface area contributed by atoms with Crippen LogP contribution in [0.3, 0.4) is 0 Å². The standard InChI is InChI=1S/C17H27N3O/c1-17(2,18)13-19-16(21)15-10-6-7-11-20(15)12-14-8-4-3-5-9-14/h3-5,8-9,15H,6-7,10-13,18H2,1-2H3,(H,19,21). The highest BCUT2D eigenvalue weighted by atomic mass is 16.2. The zero-order valence-electron chi connectivity index (χ0n) is 13.1. The lowest BCUT2D eigenvalue weighted by Crippen LogP contribution is -2.53. The van der Waals surface area contributed by atoms with E-state index in [1.54, 1.807) is 0 Å². The molecule has 0 aromatic heterocycles. The summed E-state index contributed by atoms with van der Waals surface area (Å²) in [5, 5.41) is 3.00. The van der Waals surface area contributed by atoms with E-state index in [2.05, 4.69) is 22.3 Å². The molecule has 4 nitrogen and oxygen atoms in total. The normalized spacial score (nSPS) is 20.2. The Hall–Kier alpha value is -1.39. The lowest BCUT2D eigenvalue weighted by atomic mass is 9.99. The third-order valence-electron chi connectivity index (χ3n) is 3.86. The first-order valence-electron chi connectivity index (χ1n) is 7.80. The van der Waals surface area contributed by atoms with Gasteiger partial charge in [-0.15, -0.1) is 0 Å². The van der Waals surface area contributed by atoms with Crippen LogP contribution in [0.15, 0.2) is 30.3 Å². The third kappa shape index (κ3) is 5.14. The molecule has 4 heteroatoms. The molecule has 1 fully saturated rings. The number of carbonyl (C=O) groups excluding carboxylic acids is 1. The first-order valence-corrected chi connectivity index (χ1v) is 7.80. The zero-order chi connectivity index (χ0) is 15.3. The number of hydrogen-bond donors (Lipinski definition) is 2. The molecule has 1 heterocycles. The predicted octanol–water partition coefficient (Wildman–Crippen LogP) is 1.89. The van der Waals surface area contributed by atoms with Crippen molar-refractivity contribution in [2.75, 3.05) is 13.1 Å². The molecule has 1 aliphatic rings. The fourth-order valence-electron chi connectivity index (χ4n) is 2.73. The number of benzene rings is 1. The smallest absolute Gasteiger partial charge is 0.237 e. The molecular formula is C17H27N3O. The fourth-order valence-corrected chi connectivity index (χ4v) is 2.73. The summed E-state index contributed by atoms with van der Waals surface area (Å²) in [5.41, 5.74) is 6.84. The minimum Gasteiger partial charge on any atom is -0.353 e. The molecule has 1 aliphatic heterocycles. The Morgan fingerprint density at radius 3 is 2.71 bits per heavy atom. The number of nitrogens with one attached hydrogen (secondary N) is 1. The Bertz CT molecular complexity index is 453. The first kappa shape index (κ1) is 16.0. The van der Waals surface area contributed by atoms with Gasteiger partial charge in [0.2, 0.25) is 5.91 Å². The van der Waals surface area contributed by atoms with Crippen molar-refractivity contribution in [3.05, 3.63) is 35.9 Å². The highest BCUT2D eigenvalue weighted by Gasteiger charge is 2.29. The molecule has 1 amide bonds. The van der Waals surface area contributed by atoms with Crippen LogP contribution in [-0.2, 0) is 11.3 Å². The monoisotopic (exact) mass is 289 g/mol. The number of likely N-dealkylation sites (tertiary alicyclic amines) is 1. The summed E-state index contributed by atoms with van der Waals surface area (Å²) in [5.74, 6) is 0.115. The van der Waals surface area contributed by atoms with Crippen molar-refractivity contribution in [3.8, 4) is 0 Å². The minimum absolute atomic E-state index is 0.0266. The highest BCUT2D eigenvalue weighted by molar-refractivity contribution is 5.81. The van der Waals surface area contributed by atoms with Gasteiger partial charge in [-0.3, -0.25) is 9.69 Å². The Balaban J connectivity index is 1.96. The summed E-state index contributed by atoms with van der Waals surface area (Å²) in [6.07, 6.45) is 3.22. The number of hydrogen-bond acceptors (Lipinski definition) is 3. The van der Waals surface area contributed by atoms with E-state index in [-0.39, 0.29) is 17.5 Å². The van der Waals surface area contributed by atoms with Gasteiger partial charge in [-0.2, -0.15) is 0 Å². The van der Waals surface area contributed by atoms with Crippen LogP contribution in [0.5, 0.6) is 0 Å². The van der Waals surface area contributed by atoms with Crippen molar-refractivity contribution in [1.29, 1.82) is 0 Å². The summed E-state index contributed by atoms with van der Waals surface area (Å²) in [7, 11) is 0. The summed E-state index contributed by atoms with van der Waals surface area (Å²) in [6.45, 7) is 6.19. The van der Waals surface area contributed by atoms with Gasteiger partial charge in [0.25, 0.3) is 0 Å². The van der Waals surface area contributed by atoms with Crippen LogP contribution in [0.4, 0.5) is 0 Å². The molecule has 3 N–H and O–H groups in total. The molecule has 1 atom stereocenters. The Labute approximate surface area is 127 Å². The van der Waals surface area contributed by atoms with Crippen molar-refractivity contribution in [2.24, 2.45) is 5.73 Å². The van der Waals surface area contributed by atoms with Crippen molar-refractivity contribution < 1.29 is 4.79 Å². The van der Waals surface area contributed by atoms with Gasteiger partial charge in [0.1, 0.15) is 0 Å². The summed E-state index contributed by atoms with van der Waals surface area (Å²) >= 11 is 0. The summed E-state index contributed by atoms with van der Waals surface area (Å²) in [6, 6.07) is 10.3. The Kier molecular flexibility index (Phi) is 5.37. The van der Waals surface area contributed by atoms with E-state index in [4.69, 9.17) is 5.73 Å². The SMILES string of the molecule is CC(C)(N)CNC(=O)C1CCCCN1Cc1ccccc1. The van der Waals surface area contributed by atoms with Crippen molar-refractivity contribution >= 4 is 5.91 Å². The number of rotatable bonds is 5. The van der Waals surface area contributed by atoms with E-state index in [9.17, 15) is 4.79 Å². The first-order chi connectivity index (χ1) is 9.96. The van der Waals surface area contributed by atoms with Gasteiger partial charge in [-0.1, -0.05) is 36.8 Å². The molecule has 2 rings (SSSR count). The van der Waals surface area contributed by atoms with E-state index in [1.807, 2.05) is 32.0 Å². The Morgan fingerprint density at radius 1 is 1.33 bits per heavy atom. The number of amides is 1. The molecule has 116 valence electrons. The maximum absolute atomic E-state index is 12.4. The molecule has 21 heavy (non-hydrogen) atoms. The second-order valence-corrected chi connectivity index (χ2v) is 6.67. The van der Waals surface area contributed by atoms with Crippen LogP contribution in [-0.4, -0.2) is 35.5 Å². The van der Waals surface area contributed by atoms with Crippen molar-refractivity contribution in [3.63, 3.8) is 0 Å². The largest absolute Gasteiger partial charge is 0.353 e. The summed E-state index contributed by atoms with van der Waals surface area (Å²) in [4.78, 5) is 14.7. The third-order valence-corrected chi connectivity index (χ3v) is 3.86. The molecule has 1 unspecified atom stereocenters. The number of nitrogens with two attached hydrogens (primary N) is 1.